The number of nitrogens with zero attached hydrogens (tertiary/aromatic N) is 4. The lowest BCUT2D eigenvalue weighted by molar-refractivity contribution is 0.192. The van der Waals surface area contributed by atoms with Crippen molar-refractivity contribution in [3.8, 4) is 0 Å². The fourth-order valence-electron chi connectivity index (χ4n) is 3.63. The van der Waals surface area contributed by atoms with Gasteiger partial charge in [-0.1, -0.05) is 19.3 Å². The minimum absolute atomic E-state index is 0.0675. The molecule has 1 aliphatic carbocycles. The molecule has 5 nitrogen and oxygen atoms in total. The maximum Gasteiger partial charge on any atom is 0.282 e. The van der Waals surface area contributed by atoms with Gasteiger partial charge in [-0.3, -0.25) is 9.69 Å². The molecule has 2 heterocycles. The smallest absolute Gasteiger partial charge is 0.282 e. The number of aryl methyl sites for hydroxylation is 1. The van der Waals surface area contributed by atoms with E-state index < -0.39 is 0 Å². The van der Waals surface area contributed by atoms with Crippen LogP contribution in [0.2, 0.25) is 0 Å². The van der Waals surface area contributed by atoms with Gasteiger partial charge in [-0.25, -0.2) is 4.68 Å². The van der Waals surface area contributed by atoms with Gasteiger partial charge in [0.15, 0.2) is 0 Å². The Labute approximate surface area is 140 Å². The van der Waals surface area contributed by atoms with Crippen LogP contribution in [0, 0.1) is 5.92 Å². The molecule has 1 aliphatic heterocycles. The second-order valence-corrected chi connectivity index (χ2v) is 7.36. The van der Waals surface area contributed by atoms with Crippen molar-refractivity contribution in [2.75, 3.05) is 37.6 Å². The highest BCUT2D eigenvalue weighted by Crippen LogP contribution is 2.26. The summed E-state index contributed by atoms with van der Waals surface area (Å²) < 4.78 is 2.00. The molecule has 1 aromatic heterocycles. The average molecular weight is 369 g/mol. The average Bonchev–Trinajstić information content (AvgIpc) is 2.55. The largest absolute Gasteiger partial charge is 0.367 e. The van der Waals surface area contributed by atoms with Gasteiger partial charge in [0.1, 0.15) is 4.47 Å². The molecule has 2 fully saturated rings. The van der Waals surface area contributed by atoms with Gasteiger partial charge < -0.3 is 4.90 Å². The second-order valence-electron chi connectivity index (χ2n) is 6.56. The van der Waals surface area contributed by atoms with E-state index in [1.807, 2.05) is 0 Å². The predicted octanol–water partition coefficient (Wildman–Crippen LogP) is 2.25. The molecule has 122 valence electrons. The van der Waals surface area contributed by atoms with E-state index in [1.54, 1.807) is 13.2 Å². The summed E-state index contributed by atoms with van der Waals surface area (Å²) in [6, 6.07) is 0. The lowest BCUT2D eigenvalue weighted by Crippen LogP contribution is -2.48. The van der Waals surface area contributed by atoms with Crippen molar-refractivity contribution in [3.63, 3.8) is 0 Å². The lowest BCUT2D eigenvalue weighted by Gasteiger charge is -2.38. The second kappa shape index (κ2) is 7.13. The van der Waals surface area contributed by atoms with Crippen molar-refractivity contribution in [2.45, 2.75) is 32.1 Å². The van der Waals surface area contributed by atoms with E-state index in [-0.39, 0.29) is 5.56 Å². The van der Waals surface area contributed by atoms with E-state index >= 15 is 0 Å². The van der Waals surface area contributed by atoms with Crippen molar-refractivity contribution in [3.05, 3.63) is 21.0 Å². The van der Waals surface area contributed by atoms with E-state index in [1.165, 1.54) is 43.3 Å². The standard InChI is InChI=1S/C16H25BrN4O/c1-19-16(22)15(17)14(11-18-19)21-9-7-20(8-10-21)12-13-5-3-2-4-6-13/h11,13H,2-10,12H2,1H3. The van der Waals surface area contributed by atoms with Crippen LogP contribution in [-0.4, -0.2) is 47.4 Å². The molecule has 2 aliphatic rings. The molecule has 0 atom stereocenters. The molecule has 1 saturated heterocycles. The Morgan fingerprint density at radius 1 is 1.18 bits per heavy atom. The highest BCUT2D eigenvalue weighted by molar-refractivity contribution is 9.10. The first kappa shape index (κ1) is 16.0. The molecule has 0 radical (unpaired) electrons. The molecule has 22 heavy (non-hydrogen) atoms. The van der Waals surface area contributed by atoms with Crippen molar-refractivity contribution >= 4 is 21.6 Å². The Balaban J connectivity index is 1.57. The van der Waals surface area contributed by atoms with Gasteiger partial charge in [-0.05, 0) is 34.7 Å². The van der Waals surface area contributed by atoms with Gasteiger partial charge in [0.2, 0.25) is 0 Å². The summed E-state index contributed by atoms with van der Waals surface area (Å²) in [4.78, 5) is 16.8. The molecule has 0 unspecified atom stereocenters. The molecule has 3 rings (SSSR count). The van der Waals surface area contributed by atoms with Crippen LogP contribution in [0.1, 0.15) is 32.1 Å². The summed E-state index contributed by atoms with van der Waals surface area (Å²) in [5.41, 5.74) is 0.863. The molecule has 0 spiro atoms. The minimum atomic E-state index is -0.0675. The summed E-state index contributed by atoms with van der Waals surface area (Å²) in [6.07, 6.45) is 8.86. The SMILES string of the molecule is Cn1ncc(N2CCN(CC3CCCCC3)CC2)c(Br)c1=O. The monoisotopic (exact) mass is 368 g/mol. The minimum Gasteiger partial charge on any atom is -0.367 e. The van der Waals surface area contributed by atoms with Gasteiger partial charge in [0, 0.05) is 39.8 Å². The number of aromatic nitrogens is 2. The van der Waals surface area contributed by atoms with Crippen molar-refractivity contribution in [1.82, 2.24) is 14.7 Å². The van der Waals surface area contributed by atoms with E-state index in [9.17, 15) is 4.79 Å². The van der Waals surface area contributed by atoms with Gasteiger partial charge >= 0.3 is 0 Å². The quantitative estimate of drug-likeness (QED) is 0.820. The number of hydrogen-bond acceptors (Lipinski definition) is 4. The van der Waals surface area contributed by atoms with Gasteiger partial charge in [0.25, 0.3) is 5.56 Å². The van der Waals surface area contributed by atoms with Gasteiger partial charge in [-0.2, -0.15) is 5.10 Å². The molecule has 1 saturated carbocycles. The normalized spacial score (nSPS) is 21.3. The van der Waals surface area contributed by atoms with E-state index in [0.717, 1.165) is 37.8 Å². The predicted molar refractivity (Wildman–Crippen MR) is 92.4 cm³/mol. The zero-order valence-corrected chi connectivity index (χ0v) is 14.9. The molecule has 0 aromatic carbocycles. The number of rotatable bonds is 3. The highest BCUT2D eigenvalue weighted by atomic mass is 79.9. The zero-order chi connectivity index (χ0) is 15.5. The van der Waals surface area contributed by atoms with Gasteiger partial charge in [-0.15, -0.1) is 0 Å². The summed E-state index contributed by atoms with van der Waals surface area (Å²) in [5.74, 6) is 0.901. The molecule has 1 aromatic rings. The van der Waals surface area contributed by atoms with Gasteiger partial charge in [0.05, 0.1) is 11.9 Å². The topological polar surface area (TPSA) is 41.4 Å². The molecule has 0 amide bonds. The number of anilines is 1. The third-order valence-corrected chi connectivity index (χ3v) is 5.76. The Hall–Kier alpha value is -0.880. The van der Waals surface area contributed by atoms with Crippen LogP contribution in [-0.2, 0) is 7.05 Å². The molecule has 0 N–H and O–H groups in total. The van der Waals surface area contributed by atoms with Crippen LogP contribution in [0.4, 0.5) is 5.69 Å². The zero-order valence-electron chi connectivity index (χ0n) is 13.3. The van der Waals surface area contributed by atoms with Crippen molar-refractivity contribution in [1.29, 1.82) is 0 Å². The lowest BCUT2D eigenvalue weighted by atomic mass is 9.89. The van der Waals surface area contributed by atoms with Crippen molar-refractivity contribution < 1.29 is 0 Å². The van der Waals surface area contributed by atoms with Crippen LogP contribution in [0.15, 0.2) is 15.5 Å². The number of halogens is 1. The first-order valence-electron chi connectivity index (χ1n) is 8.34. The third-order valence-electron chi connectivity index (χ3n) is 5.01. The van der Waals surface area contributed by atoms with Crippen LogP contribution < -0.4 is 10.5 Å². The summed E-state index contributed by atoms with van der Waals surface area (Å²) in [7, 11) is 1.68. The molecule has 0 bridgehead atoms. The first-order chi connectivity index (χ1) is 10.6. The van der Waals surface area contributed by atoms with Crippen LogP contribution >= 0.6 is 15.9 Å². The van der Waals surface area contributed by atoms with E-state index in [2.05, 4.69) is 30.8 Å². The maximum atomic E-state index is 12.0. The Morgan fingerprint density at radius 2 is 1.86 bits per heavy atom. The molecular weight excluding hydrogens is 344 g/mol. The van der Waals surface area contributed by atoms with E-state index in [4.69, 9.17) is 0 Å². The Kier molecular flexibility index (Phi) is 5.18. The fraction of sp³-hybridized carbons (Fsp3) is 0.750. The number of piperazine rings is 1. The van der Waals surface area contributed by atoms with Crippen LogP contribution in [0.5, 0.6) is 0 Å². The number of hydrogen-bond donors (Lipinski definition) is 0. The van der Waals surface area contributed by atoms with Crippen LogP contribution in [0.25, 0.3) is 0 Å². The molecular formula is C16H25BrN4O. The van der Waals surface area contributed by atoms with Crippen LogP contribution in [0.3, 0.4) is 0 Å². The third kappa shape index (κ3) is 3.54. The summed E-state index contributed by atoms with van der Waals surface area (Å²) >= 11 is 3.43. The summed E-state index contributed by atoms with van der Waals surface area (Å²) in [5, 5.41) is 4.15. The first-order valence-corrected chi connectivity index (χ1v) is 9.13. The van der Waals surface area contributed by atoms with Crippen molar-refractivity contribution in [2.24, 2.45) is 13.0 Å². The summed E-state index contributed by atoms with van der Waals surface area (Å²) in [6.45, 7) is 5.36. The van der Waals surface area contributed by atoms with E-state index in [0.29, 0.717) is 4.47 Å². The Bertz CT molecular complexity index is 560. The highest BCUT2D eigenvalue weighted by Gasteiger charge is 2.23. The maximum absolute atomic E-state index is 12.0. The fourth-order valence-corrected chi connectivity index (χ4v) is 4.24. The molecule has 6 heteroatoms. The Morgan fingerprint density at radius 3 is 2.55 bits per heavy atom.